The van der Waals surface area contributed by atoms with E-state index in [0.29, 0.717) is 0 Å². The standard InChI is InChI=1S/C16H18N2O4S/c1-10-7-14(23-9-10)11-5-6-12(13(8-11)18(20)21)17-15(19)22-16(2,3)4/h5-9H,1-4H3,(H,17,19). The summed E-state index contributed by atoms with van der Waals surface area (Å²) in [6.45, 7) is 7.14. The minimum Gasteiger partial charge on any atom is -0.444 e. The summed E-state index contributed by atoms with van der Waals surface area (Å²) in [6, 6.07) is 6.68. The van der Waals surface area contributed by atoms with Crippen LogP contribution < -0.4 is 5.32 Å². The Morgan fingerprint density at radius 1 is 1.30 bits per heavy atom. The Hall–Kier alpha value is -2.41. The first-order valence-corrected chi connectivity index (χ1v) is 7.87. The highest BCUT2D eigenvalue weighted by molar-refractivity contribution is 7.13. The van der Waals surface area contributed by atoms with Crippen molar-refractivity contribution in [2.75, 3.05) is 5.32 Å². The summed E-state index contributed by atoms with van der Waals surface area (Å²) in [4.78, 5) is 23.5. The molecule has 0 unspecified atom stereocenters. The van der Waals surface area contributed by atoms with E-state index < -0.39 is 16.6 Å². The fourth-order valence-corrected chi connectivity index (χ4v) is 2.84. The SMILES string of the molecule is Cc1csc(-c2ccc(NC(=O)OC(C)(C)C)c([N+](=O)[O-])c2)c1. The molecule has 2 rings (SSSR count). The second kappa shape index (κ2) is 6.37. The van der Waals surface area contributed by atoms with E-state index in [-0.39, 0.29) is 11.4 Å². The largest absolute Gasteiger partial charge is 0.444 e. The lowest BCUT2D eigenvalue weighted by molar-refractivity contribution is -0.383. The molecule has 0 radical (unpaired) electrons. The van der Waals surface area contributed by atoms with Gasteiger partial charge in [0.1, 0.15) is 11.3 Å². The Morgan fingerprint density at radius 2 is 2.00 bits per heavy atom. The fraction of sp³-hybridized carbons (Fsp3) is 0.312. The second-order valence-corrected chi connectivity index (χ2v) is 7.02. The number of amides is 1. The quantitative estimate of drug-likeness (QED) is 0.634. The van der Waals surface area contributed by atoms with Crippen LogP contribution in [0, 0.1) is 17.0 Å². The van der Waals surface area contributed by atoms with Gasteiger partial charge in [-0.2, -0.15) is 0 Å². The van der Waals surface area contributed by atoms with Gasteiger partial charge in [0.25, 0.3) is 5.69 Å². The molecular weight excluding hydrogens is 316 g/mol. The Kier molecular flexibility index (Phi) is 4.70. The van der Waals surface area contributed by atoms with E-state index in [9.17, 15) is 14.9 Å². The average molecular weight is 334 g/mol. The number of hydrogen-bond acceptors (Lipinski definition) is 5. The topological polar surface area (TPSA) is 81.5 Å². The van der Waals surface area contributed by atoms with Crippen LogP contribution in [0.1, 0.15) is 26.3 Å². The average Bonchev–Trinajstić information content (AvgIpc) is 2.83. The summed E-state index contributed by atoms with van der Waals surface area (Å²) in [5.41, 5.74) is 1.11. The molecule has 2 aromatic rings. The van der Waals surface area contributed by atoms with Gasteiger partial charge in [-0.25, -0.2) is 4.79 Å². The Balaban J connectivity index is 2.30. The van der Waals surface area contributed by atoms with Gasteiger partial charge in [0.05, 0.1) is 4.92 Å². The number of carbonyl (C=O) groups is 1. The number of carbonyl (C=O) groups excluding carboxylic acids is 1. The number of nitrogens with zero attached hydrogens (tertiary/aromatic N) is 1. The van der Waals surface area contributed by atoms with E-state index in [1.54, 1.807) is 26.8 Å². The van der Waals surface area contributed by atoms with Crippen LogP contribution in [0.2, 0.25) is 0 Å². The first-order valence-electron chi connectivity index (χ1n) is 7.00. The molecule has 0 aliphatic carbocycles. The van der Waals surface area contributed by atoms with Crippen LogP contribution in [0.15, 0.2) is 29.6 Å². The molecule has 0 aliphatic rings. The van der Waals surface area contributed by atoms with Gasteiger partial charge < -0.3 is 4.74 Å². The van der Waals surface area contributed by atoms with Crippen LogP contribution in [-0.2, 0) is 4.74 Å². The molecule has 122 valence electrons. The number of benzene rings is 1. The molecule has 1 aromatic carbocycles. The molecule has 0 saturated heterocycles. The molecule has 0 spiro atoms. The normalized spacial score (nSPS) is 11.1. The number of thiophene rings is 1. The van der Waals surface area contributed by atoms with Crippen LogP contribution in [0.5, 0.6) is 0 Å². The molecule has 7 heteroatoms. The highest BCUT2D eigenvalue weighted by Gasteiger charge is 2.21. The maximum atomic E-state index is 11.8. The number of nitro benzene ring substituents is 1. The number of rotatable bonds is 3. The number of aryl methyl sites for hydroxylation is 1. The van der Waals surface area contributed by atoms with Crippen molar-refractivity contribution in [3.8, 4) is 10.4 Å². The summed E-state index contributed by atoms with van der Waals surface area (Å²) < 4.78 is 5.12. The predicted octanol–water partition coefficient (Wildman–Crippen LogP) is 4.98. The van der Waals surface area contributed by atoms with E-state index in [1.807, 2.05) is 18.4 Å². The summed E-state index contributed by atoms with van der Waals surface area (Å²) in [5, 5.41) is 15.7. The number of nitrogens with one attached hydrogen (secondary N) is 1. The highest BCUT2D eigenvalue weighted by atomic mass is 32.1. The summed E-state index contributed by atoms with van der Waals surface area (Å²) in [6.07, 6.45) is -0.722. The Morgan fingerprint density at radius 3 is 2.52 bits per heavy atom. The van der Waals surface area contributed by atoms with E-state index >= 15 is 0 Å². The minimum absolute atomic E-state index is 0.112. The van der Waals surface area contributed by atoms with E-state index in [4.69, 9.17) is 4.74 Å². The Labute approximate surface area is 138 Å². The third-order valence-corrected chi connectivity index (χ3v) is 3.94. The molecule has 0 bridgehead atoms. The van der Waals surface area contributed by atoms with Gasteiger partial charge in [0.2, 0.25) is 0 Å². The highest BCUT2D eigenvalue weighted by Crippen LogP contribution is 2.33. The van der Waals surface area contributed by atoms with Crippen LogP contribution >= 0.6 is 11.3 Å². The molecule has 1 amide bonds. The van der Waals surface area contributed by atoms with Gasteiger partial charge in [-0.05, 0) is 56.3 Å². The fourth-order valence-electron chi connectivity index (χ4n) is 1.94. The summed E-state index contributed by atoms with van der Waals surface area (Å²) in [7, 11) is 0. The number of nitro groups is 1. The zero-order chi connectivity index (χ0) is 17.2. The van der Waals surface area contributed by atoms with Crippen molar-refractivity contribution in [1.29, 1.82) is 0 Å². The zero-order valence-corrected chi connectivity index (χ0v) is 14.2. The van der Waals surface area contributed by atoms with Crippen molar-refractivity contribution in [3.05, 3.63) is 45.3 Å². The smallest absolute Gasteiger partial charge is 0.412 e. The van der Waals surface area contributed by atoms with Gasteiger partial charge >= 0.3 is 6.09 Å². The molecule has 0 fully saturated rings. The van der Waals surface area contributed by atoms with Crippen LogP contribution in [0.4, 0.5) is 16.2 Å². The third-order valence-electron chi connectivity index (χ3n) is 2.85. The molecule has 0 saturated carbocycles. The predicted molar refractivity (Wildman–Crippen MR) is 91.0 cm³/mol. The van der Waals surface area contributed by atoms with Crippen LogP contribution in [0.3, 0.4) is 0 Å². The molecule has 6 nitrogen and oxygen atoms in total. The van der Waals surface area contributed by atoms with Gasteiger partial charge in [0.15, 0.2) is 0 Å². The zero-order valence-electron chi connectivity index (χ0n) is 13.4. The van der Waals surface area contributed by atoms with Gasteiger partial charge in [-0.15, -0.1) is 11.3 Å². The summed E-state index contributed by atoms with van der Waals surface area (Å²) in [5.74, 6) is 0. The van der Waals surface area contributed by atoms with Crippen molar-refractivity contribution in [2.45, 2.75) is 33.3 Å². The molecule has 1 aromatic heterocycles. The lowest BCUT2D eigenvalue weighted by Gasteiger charge is -2.19. The first-order chi connectivity index (χ1) is 10.7. The van der Waals surface area contributed by atoms with Crippen molar-refractivity contribution in [3.63, 3.8) is 0 Å². The maximum Gasteiger partial charge on any atom is 0.412 e. The summed E-state index contributed by atoms with van der Waals surface area (Å²) >= 11 is 1.52. The van der Waals surface area contributed by atoms with Crippen molar-refractivity contribution < 1.29 is 14.5 Å². The Bertz CT molecular complexity index is 747. The number of hydrogen-bond donors (Lipinski definition) is 1. The second-order valence-electron chi connectivity index (χ2n) is 6.10. The maximum absolute atomic E-state index is 11.8. The monoisotopic (exact) mass is 334 g/mol. The van der Waals surface area contributed by atoms with E-state index in [0.717, 1.165) is 16.0 Å². The number of ether oxygens (including phenoxy) is 1. The van der Waals surface area contributed by atoms with Crippen molar-refractivity contribution >= 4 is 28.8 Å². The van der Waals surface area contributed by atoms with Crippen LogP contribution in [-0.4, -0.2) is 16.6 Å². The van der Waals surface area contributed by atoms with E-state index in [2.05, 4.69) is 5.32 Å². The molecule has 1 N–H and O–H groups in total. The van der Waals surface area contributed by atoms with Gasteiger partial charge in [-0.3, -0.25) is 15.4 Å². The third kappa shape index (κ3) is 4.53. The number of anilines is 1. The van der Waals surface area contributed by atoms with E-state index in [1.165, 1.54) is 23.5 Å². The molecule has 0 aliphatic heterocycles. The van der Waals surface area contributed by atoms with Gasteiger partial charge in [0, 0.05) is 10.9 Å². The van der Waals surface area contributed by atoms with Crippen molar-refractivity contribution in [2.24, 2.45) is 0 Å². The lowest BCUT2D eigenvalue weighted by Crippen LogP contribution is -2.27. The molecular formula is C16H18N2O4S. The van der Waals surface area contributed by atoms with Gasteiger partial charge in [-0.1, -0.05) is 6.07 Å². The van der Waals surface area contributed by atoms with Crippen LogP contribution in [0.25, 0.3) is 10.4 Å². The molecule has 0 atom stereocenters. The lowest BCUT2D eigenvalue weighted by atomic mass is 10.1. The minimum atomic E-state index is -0.722. The first kappa shape index (κ1) is 17.0. The molecule has 1 heterocycles. The molecule has 23 heavy (non-hydrogen) atoms. The van der Waals surface area contributed by atoms with Crippen molar-refractivity contribution in [1.82, 2.24) is 0 Å².